The summed E-state index contributed by atoms with van der Waals surface area (Å²) in [6.45, 7) is 4.84. The minimum absolute atomic E-state index is 0.138. The number of nitrogens with zero attached hydrogens (tertiary/aromatic N) is 2. The number of aromatic carboxylic acids is 1. The molecule has 1 amide bonds. The fourth-order valence-electron chi connectivity index (χ4n) is 3.41. The topological polar surface area (TPSA) is 79.2 Å². The van der Waals surface area contributed by atoms with E-state index in [9.17, 15) is 14.7 Å². The number of hydrogen-bond donors (Lipinski definition) is 1. The highest BCUT2D eigenvalue weighted by Gasteiger charge is 2.32. The average Bonchev–Trinajstić information content (AvgIpc) is 3.13. The van der Waals surface area contributed by atoms with Crippen molar-refractivity contribution in [2.75, 3.05) is 6.54 Å². The Hall–Kier alpha value is -3.36. The lowest BCUT2D eigenvalue weighted by molar-refractivity contribution is -0.122. The number of aryl methyl sites for hydroxylation is 1. The van der Waals surface area contributed by atoms with Gasteiger partial charge in [-0.05, 0) is 89.1 Å². The Morgan fingerprint density at radius 1 is 1.14 bits per heavy atom. The maximum absolute atomic E-state index is 13.0. The van der Waals surface area contributed by atoms with Crippen molar-refractivity contribution >= 4 is 56.5 Å². The molecular formula is C27H23BrN2O4S. The molecule has 0 saturated carbocycles. The average molecular weight is 551 g/mol. The van der Waals surface area contributed by atoms with Crippen LogP contribution in [0.5, 0.6) is 5.75 Å². The lowest BCUT2D eigenvalue weighted by Gasteiger charge is -2.12. The number of ether oxygens (including phenoxy) is 1. The van der Waals surface area contributed by atoms with Crippen LogP contribution < -0.4 is 4.74 Å². The highest BCUT2D eigenvalue weighted by molar-refractivity contribution is 9.10. The Labute approximate surface area is 216 Å². The molecule has 1 aliphatic heterocycles. The molecule has 0 aromatic heterocycles. The fraction of sp³-hybridized carbons (Fsp3) is 0.148. The Morgan fingerprint density at radius 3 is 2.60 bits per heavy atom. The number of carbonyl (C=O) groups is 2. The Bertz CT molecular complexity index is 1340. The molecular weight excluding hydrogens is 528 g/mol. The van der Waals surface area contributed by atoms with Crippen molar-refractivity contribution in [2.24, 2.45) is 4.99 Å². The van der Waals surface area contributed by atoms with Crippen molar-refractivity contribution < 1.29 is 19.4 Å². The van der Waals surface area contributed by atoms with Crippen molar-refractivity contribution in [1.29, 1.82) is 0 Å². The van der Waals surface area contributed by atoms with E-state index in [1.54, 1.807) is 17.0 Å². The van der Waals surface area contributed by atoms with E-state index < -0.39 is 5.97 Å². The first-order valence-electron chi connectivity index (χ1n) is 11.0. The van der Waals surface area contributed by atoms with Gasteiger partial charge in [0.15, 0.2) is 5.17 Å². The molecule has 1 fully saturated rings. The summed E-state index contributed by atoms with van der Waals surface area (Å²) >= 11 is 4.84. The number of amidine groups is 1. The molecule has 0 spiro atoms. The van der Waals surface area contributed by atoms with E-state index >= 15 is 0 Å². The highest BCUT2D eigenvalue weighted by Crippen LogP contribution is 2.35. The molecule has 6 nitrogen and oxygen atoms in total. The summed E-state index contributed by atoms with van der Waals surface area (Å²) in [4.78, 5) is 30.9. The predicted molar refractivity (Wildman–Crippen MR) is 143 cm³/mol. The number of thioether (sulfide) groups is 1. The molecule has 0 bridgehead atoms. The van der Waals surface area contributed by atoms with Crippen molar-refractivity contribution in [2.45, 2.75) is 20.5 Å². The molecule has 1 heterocycles. The summed E-state index contributed by atoms with van der Waals surface area (Å²) in [5, 5.41) is 9.74. The molecule has 1 N–H and O–H groups in total. The summed E-state index contributed by atoms with van der Waals surface area (Å²) in [6.07, 6.45) is 1.82. The standard InChI is InChI=1S/C27H23BrN2O4S/c1-3-30-25(31)24(35-27(30)29-21-6-4-5-20(15-21)26(32)33)14-19-11-12-23(22(28)13-19)34-16-18-9-7-17(2)8-10-18/h4-15H,3,16H2,1-2H3,(H,32,33)/b24-14+,29-27?. The van der Waals surface area contributed by atoms with Crippen LogP contribution in [0.1, 0.15) is 34.0 Å². The third-order valence-corrected chi connectivity index (χ3v) is 6.92. The summed E-state index contributed by atoms with van der Waals surface area (Å²) in [5.74, 6) is -0.442. The quantitative estimate of drug-likeness (QED) is 0.333. The number of aliphatic imine (C=N–C) groups is 1. The van der Waals surface area contributed by atoms with Gasteiger partial charge in [-0.25, -0.2) is 9.79 Å². The third-order valence-electron chi connectivity index (χ3n) is 5.29. The van der Waals surface area contributed by atoms with Gasteiger partial charge in [-0.2, -0.15) is 0 Å². The summed E-state index contributed by atoms with van der Waals surface area (Å²) < 4.78 is 6.74. The number of amides is 1. The largest absolute Gasteiger partial charge is 0.488 e. The first kappa shape index (κ1) is 24.8. The van der Waals surface area contributed by atoms with Crippen LogP contribution in [0.2, 0.25) is 0 Å². The van der Waals surface area contributed by atoms with Crippen LogP contribution >= 0.6 is 27.7 Å². The number of hydrogen-bond acceptors (Lipinski definition) is 5. The smallest absolute Gasteiger partial charge is 0.335 e. The molecule has 4 rings (SSSR count). The van der Waals surface area contributed by atoms with E-state index in [-0.39, 0.29) is 11.5 Å². The van der Waals surface area contributed by atoms with E-state index in [1.807, 2.05) is 50.3 Å². The molecule has 178 valence electrons. The second-order valence-corrected chi connectivity index (χ2v) is 9.74. The van der Waals surface area contributed by atoms with Gasteiger partial charge in [-0.3, -0.25) is 9.69 Å². The van der Waals surface area contributed by atoms with Gasteiger partial charge in [-0.1, -0.05) is 42.0 Å². The Morgan fingerprint density at radius 2 is 1.91 bits per heavy atom. The second-order valence-electron chi connectivity index (χ2n) is 7.87. The van der Waals surface area contributed by atoms with Crippen LogP contribution in [0.3, 0.4) is 0 Å². The highest BCUT2D eigenvalue weighted by atomic mass is 79.9. The van der Waals surface area contributed by atoms with Gasteiger partial charge in [-0.15, -0.1) is 0 Å². The molecule has 0 radical (unpaired) electrons. The van der Waals surface area contributed by atoms with Gasteiger partial charge < -0.3 is 9.84 Å². The van der Waals surface area contributed by atoms with Crippen LogP contribution in [0.15, 0.2) is 81.1 Å². The number of halogens is 1. The summed E-state index contributed by atoms with van der Waals surface area (Å²) in [5.41, 5.74) is 3.77. The van der Waals surface area contributed by atoms with Gasteiger partial charge in [0.05, 0.1) is 20.6 Å². The van der Waals surface area contributed by atoms with Crippen LogP contribution in [0, 0.1) is 6.92 Å². The van der Waals surface area contributed by atoms with Crippen LogP contribution in [0.25, 0.3) is 6.08 Å². The first-order valence-corrected chi connectivity index (χ1v) is 12.6. The van der Waals surface area contributed by atoms with Crippen LogP contribution in [-0.4, -0.2) is 33.6 Å². The molecule has 0 unspecified atom stereocenters. The number of rotatable bonds is 7. The lowest BCUT2D eigenvalue weighted by Crippen LogP contribution is -2.28. The van der Waals surface area contributed by atoms with Crippen molar-refractivity contribution in [1.82, 2.24) is 4.90 Å². The molecule has 0 aliphatic carbocycles. The third kappa shape index (κ3) is 6.01. The SMILES string of the molecule is CCN1C(=O)/C(=C\c2ccc(OCc3ccc(C)cc3)c(Br)c2)SC1=Nc1cccc(C(=O)O)c1. The Kier molecular flexibility index (Phi) is 7.73. The van der Waals surface area contributed by atoms with Gasteiger partial charge in [0, 0.05) is 6.54 Å². The molecule has 0 atom stereocenters. The predicted octanol–water partition coefficient (Wildman–Crippen LogP) is 6.66. The molecule has 3 aromatic carbocycles. The van der Waals surface area contributed by atoms with Gasteiger partial charge >= 0.3 is 5.97 Å². The van der Waals surface area contributed by atoms with E-state index in [0.29, 0.717) is 34.7 Å². The molecule has 3 aromatic rings. The number of carbonyl (C=O) groups excluding carboxylic acids is 1. The lowest BCUT2D eigenvalue weighted by atomic mass is 10.1. The van der Waals surface area contributed by atoms with E-state index in [4.69, 9.17) is 4.74 Å². The summed E-state index contributed by atoms with van der Waals surface area (Å²) in [7, 11) is 0. The summed E-state index contributed by atoms with van der Waals surface area (Å²) in [6, 6.07) is 20.2. The maximum Gasteiger partial charge on any atom is 0.335 e. The van der Waals surface area contributed by atoms with Gasteiger partial charge in [0.2, 0.25) is 0 Å². The number of carboxylic acid groups (broad SMARTS) is 1. The number of likely N-dealkylation sites (N-methyl/N-ethyl adjacent to an activating group) is 1. The first-order chi connectivity index (χ1) is 16.8. The fourth-order valence-corrected chi connectivity index (χ4v) is 4.98. The van der Waals surface area contributed by atoms with E-state index in [2.05, 4.69) is 33.1 Å². The molecule has 8 heteroatoms. The number of benzene rings is 3. The zero-order valence-electron chi connectivity index (χ0n) is 19.2. The van der Waals surface area contributed by atoms with Gasteiger partial charge in [0.1, 0.15) is 12.4 Å². The molecule has 1 aliphatic rings. The molecule has 1 saturated heterocycles. The van der Waals surface area contributed by atoms with Crippen LogP contribution in [-0.2, 0) is 11.4 Å². The zero-order chi connectivity index (χ0) is 24.9. The normalized spacial score (nSPS) is 15.7. The van der Waals surface area contributed by atoms with Crippen molar-refractivity contribution in [3.05, 3.63) is 98.4 Å². The molecule has 35 heavy (non-hydrogen) atoms. The monoisotopic (exact) mass is 550 g/mol. The van der Waals surface area contributed by atoms with E-state index in [0.717, 1.165) is 15.6 Å². The van der Waals surface area contributed by atoms with Crippen molar-refractivity contribution in [3.63, 3.8) is 0 Å². The maximum atomic E-state index is 13.0. The number of carboxylic acids is 1. The Balaban J connectivity index is 1.52. The van der Waals surface area contributed by atoms with Crippen molar-refractivity contribution in [3.8, 4) is 5.75 Å². The minimum atomic E-state index is -1.02. The van der Waals surface area contributed by atoms with E-state index in [1.165, 1.54) is 29.5 Å². The second kappa shape index (κ2) is 10.9. The van der Waals surface area contributed by atoms with Gasteiger partial charge in [0.25, 0.3) is 5.91 Å². The zero-order valence-corrected chi connectivity index (χ0v) is 21.6. The van der Waals surface area contributed by atoms with Crippen LogP contribution in [0.4, 0.5) is 5.69 Å². The minimum Gasteiger partial charge on any atom is -0.488 e.